The molecule has 0 unspecified atom stereocenters. The van der Waals surface area contributed by atoms with Gasteiger partial charge in [-0.1, -0.05) is 0 Å². The molecule has 0 saturated carbocycles. The van der Waals surface area contributed by atoms with E-state index in [4.69, 9.17) is 0 Å². The van der Waals surface area contributed by atoms with Gasteiger partial charge in [0.25, 0.3) is 5.56 Å². The highest BCUT2D eigenvalue weighted by molar-refractivity contribution is 7.18. The van der Waals surface area contributed by atoms with E-state index in [0.717, 1.165) is 41.5 Å². The van der Waals surface area contributed by atoms with E-state index >= 15 is 0 Å². The van der Waals surface area contributed by atoms with Gasteiger partial charge in [-0.25, -0.2) is 9.37 Å². The molecule has 1 aliphatic carbocycles. The summed E-state index contributed by atoms with van der Waals surface area (Å²) in [5.41, 5.74) is 1.62. The van der Waals surface area contributed by atoms with Gasteiger partial charge in [0.15, 0.2) is 0 Å². The van der Waals surface area contributed by atoms with Gasteiger partial charge in [-0.15, -0.1) is 11.3 Å². The summed E-state index contributed by atoms with van der Waals surface area (Å²) in [5.74, 6) is -0.580. The highest BCUT2D eigenvalue weighted by Gasteiger charge is 2.20. The molecule has 0 saturated heterocycles. The van der Waals surface area contributed by atoms with Gasteiger partial charge < -0.3 is 5.32 Å². The lowest BCUT2D eigenvalue weighted by molar-refractivity contribution is -0.116. The van der Waals surface area contributed by atoms with Crippen LogP contribution in [0.5, 0.6) is 0 Å². The van der Waals surface area contributed by atoms with Crippen LogP contribution in [0.3, 0.4) is 0 Å². The maximum atomic E-state index is 12.9. The number of aromatic nitrogens is 2. The van der Waals surface area contributed by atoms with Crippen molar-refractivity contribution in [2.45, 2.75) is 38.6 Å². The molecule has 134 valence electrons. The van der Waals surface area contributed by atoms with E-state index in [1.807, 2.05) is 0 Å². The Kier molecular flexibility index (Phi) is 4.55. The average Bonchev–Trinajstić information content (AvgIpc) is 3.02. The maximum Gasteiger partial charge on any atom is 0.262 e. The first kappa shape index (κ1) is 16.9. The summed E-state index contributed by atoms with van der Waals surface area (Å²) in [5, 5.41) is 3.43. The van der Waals surface area contributed by atoms with E-state index < -0.39 is 0 Å². The number of nitrogens with one attached hydrogen (secondary N) is 1. The molecule has 0 bridgehead atoms. The second-order valence-corrected chi connectivity index (χ2v) is 7.52. The number of benzene rings is 1. The number of halogens is 1. The summed E-state index contributed by atoms with van der Waals surface area (Å²) < 4.78 is 14.4. The molecule has 1 aromatic carbocycles. The number of rotatable bonds is 4. The number of anilines is 1. The normalized spacial score (nSPS) is 13.6. The molecule has 5 nitrogen and oxygen atoms in total. The molecule has 1 N–H and O–H groups in total. The average molecular weight is 371 g/mol. The molecule has 7 heteroatoms. The van der Waals surface area contributed by atoms with Crippen LogP contribution in [0.2, 0.25) is 0 Å². The Hall–Kier alpha value is -2.54. The highest BCUT2D eigenvalue weighted by atomic mass is 32.1. The highest BCUT2D eigenvalue weighted by Crippen LogP contribution is 2.33. The van der Waals surface area contributed by atoms with Gasteiger partial charge in [0.2, 0.25) is 5.91 Å². The van der Waals surface area contributed by atoms with E-state index in [1.165, 1.54) is 40.0 Å². The van der Waals surface area contributed by atoms with Gasteiger partial charge in [0.1, 0.15) is 10.6 Å². The number of nitrogens with zero attached hydrogens (tertiary/aromatic N) is 2. The van der Waals surface area contributed by atoms with Crippen molar-refractivity contribution < 1.29 is 9.18 Å². The standard InChI is InChI=1S/C19H18FN3O2S/c20-12-5-7-13(8-6-12)22-16(24)9-10-23-11-21-18-17(19(23)25)14-3-1-2-4-15(14)26-18/h5-8,11H,1-4,9-10H2,(H,22,24). The number of thiophene rings is 1. The topological polar surface area (TPSA) is 64.0 Å². The predicted octanol–water partition coefficient (Wildman–Crippen LogP) is 3.50. The number of carbonyl (C=O) groups excluding carboxylic acids is 1. The van der Waals surface area contributed by atoms with Crippen LogP contribution in [0.4, 0.5) is 10.1 Å². The molecule has 4 rings (SSSR count). The number of fused-ring (bicyclic) bond motifs is 3. The van der Waals surface area contributed by atoms with Crippen LogP contribution < -0.4 is 10.9 Å². The lowest BCUT2D eigenvalue weighted by Gasteiger charge is -2.10. The summed E-state index contributed by atoms with van der Waals surface area (Å²) in [6.45, 7) is 0.263. The third kappa shape index (κ3) is 3.26. The van der Waals surface area contributed by atoms with Crippen LogP contribution in [0.25, 0.3) is 10.2 Å². The fraction of sp³-hybridized carbons (Fsp3) is 0.316. The van der Waals surface area contributed by atoms with Crippen molar-refractivity contribution in [1.29, 1.82) is 0 Å². The SMILES string of the molecule is O=C(CCn1cnc2sc3c(c2c1=O)CCCC3)Nc1ccc(F)cc1. The summed E-state index contributed by atoms with van der Waals surface area (Å²) in [4.78, 5) is 31.4. The Balaban J connectivity index is 1.50. The van der Waals surface area contributed by atoms with Crippen molar-refractivity contribution in [1.82, 2.24) is 9.55 Å². The Bertz CT molecular complexity index is 1020. The molecule has 1 aliphatic rings. The zero-order valence-electron chi connectivity index (χ0n) is 14.1. The van der Waals surface area contributed by atoms with Crippen LogP contribution >= 0.6 is 11.3 Å². The smallest absolute Gasteiger partial charge is 0.262 e. The molecular formula is C19H18FN3O2S. The Labute approximate surface area is 153 Å². The molecule has 0 spiro atoms. The third-order valence-electron chi connectivity index (χ3n) is 4.65. The molecule has 0 radical (unpaired) electrons. The predicted molar refractivity (Wildman–Crippen MR) is 100 cm³/mol. The molecule has 0 fully saturated rings. The van der Waals surface area contributed by atoms with Crippen LogP contribution in [-0.2, 0) is 24.2 Å². The van der Waals surface area contributed by atoms with Gasteiger partial charge in [-0.05, 0) is 55.5 Å². The first-order valence-corrected chi connectivity index (χ1v) is 9.48. The largest absolute Gasteiger partial charge is 0.326 e. The summed E-state index contributed by atoms with van der Waals surface area (Å²) in [6.07, 6.45) is 5.90. The van der Waals surface area contributed by atoms with Crippen LogP contribution in [0.15, 0.2) is 35.4 Å². The quantitative estimate of drug-likeness (QED) is 0.763. The van der Waals surface area contributed by atoms with Crippen LogP contribution in [-0.4, -0.2) is 15.5 Å². The molecule has 0 aliphatic heterocycles. The lowest BCUT2D eigenvalue weighted by Crippen LogP contribution is -2.24. The second kappa shape index (κ2) is 6.99. The minimum Gasteiger partial charge on any atom is -0.326 e. The van der Waals surface area contributed by atoms with Crippen LogP contribution in [0, 0.1) is 5.82 Å². The Morgan fingerprint density at radius 2 is 2.00 bits per heavy atom. The molecule has 3 aromatic rings. The molecule has 2 aromatic heterocycles. The monoisotopic (exact) mass is 371 g/mol. The van der Waals surface area contributed by atoms with E-state index in [2.05, 4.69) is 10.3 Å². The van der Waals surface area contributed by atoms with Gasteiger partial charge in [0, 0.05) is 23.5 Å². The summed E-state index contributed by atoms with van der Waals surface area (Å²) in [7, 11) is 0. The molecule has 0 atom stereocenters. The number of hydrogen-bond acceptors (Lipinski definition) is 4. The number of aryl methyl sites for hydroxylation is 3. The summed E-state index contributed by atoms with van der Waals surface area (Å²) >= 11 is 1.62. The van der Waals surface area contributed by atoms with Gasteiger partial charge in [-0.3, -0.25) is 14.2 Å². The van der Waals surface area contributed by atoms with Crippen molar-refractivity contribution in [3.8, 4) is 0 Å². The first-order chi connectivity index (χ1) is 12.6. The molecule has 26 heavy (non-hydrogen) atoms. The minimum absolute atomic E-state index is 0.0658. The van der Waals surface area contributed by atoms with Crippen molar-refractivity contribution in [2.24, 2.45) is 0 Å². The number of hydrogen-bond donors (Lipinski definition) is 1. The van der Waals surface area contributed by atoms with E-state index in [9.17, 15) is 14.0 Å². The van der Waals surface area contributed by atoms with E-state index in [0.29, 0.717) is 5.69 Å². The van der Waals surface area contributed by atoms with Gasteiger partial charge in [-0.2, -0.15) is 0 Å². The van der Waals surface area contributed by atoms with E-state index in [1.54, 1.807) is 11.3 Å². The Morgan fingerprint density at radius 1 is 1.23 bits per heavy atom. The van der Waals surface area contributed by atoms with Crippen LogP contribution in [0.1, 0.15) is 29.7 Å². The zero-order chi connectivity index (χ0) is 18.1. The third-order valence-corrected chi connectivity index (χ3v) is 5.85. The zero-order valence-corrected chi connectivity index (χ0v) is 14.9. The van der Waals surface area contributed by atoms with Crippen molar-refractivity contribution >= 4 is 33.1 Å². The second-order valence-electron chi connectivity index (χ2n) is 6.44. The fourth-order valence-corrected chi connectivity index (χ4v) is 4.54. The van der Waals surface area contributed by atoms with Crippen molar-refractivity contribution in [3.05, 3.63) is 57.2 Å². The minimum atomic E-state index is -0.354. The maximum absolute atomic E-state index is 12.9. The van der Waals surface area contributed by atoms with Gasteiger partial charge in [0.05, 0.1) is 11.7 Å². The first-order valence-electron chi connectivity index (χ1n) is 8.67. The van der Waals surface area contributed by atoms with Crippen molar-refractivity contribution in [2.75, 3.05) is 5.32 Å². The number of amides is 1. The van der Waals surface area contributed by atoms with Gasteiger partial charge >= 0.3 is 0 Å². The summed E-state index contributed by atoms with van der Waals surface area (Å²) in [6, 6.07) is 5.59. The van der Waals surface area contributed by atoms with Crippen molar-refractivity contribution in [3.63, 3.8) is 0 Å². The lowest BCUT2D eigenvalue weighted by atomic mass is 9.97. The number of carbonyl (C=O) groups is 1. The fourth-order valence-electron chi connectivity index (χ4n) is 3.32. The molecule has 2 heterocycles. The Morgan fingerprint density at radius 3 is 2.81 bits per heavy atom. The molecule has 1 amide bonds. The molecular weight excluding hydrogens is 353 g/mol. The van der Waals surface area contributed by atoms with E-state index in [-0.39, 0.29) is 30.2 Å².